The molecule has 3 rings (SSSR count). The minimum Gasteiger partial charge on any atom is -0.338 e. The lowest BCUT2D eigenvalue weighted by Crippen LogP contribution is -2.50. The van der Waals surface area contributed by atoms with Crippen molar-refractivity contribution in [3.8, 4) is 0 Å². The van der Waals surface area contributed by atoms with Gasteiger partial charge in [-0.05, 0) is 43.9 Å². The first-order valence-corrected chi connectivity index (χ1v) is 7.27. The standard InChI is InChI=1S/C15H21N3O/c19-15(12-4-8-16-9-5-12)18-10-6-14-13(11-18)3-1-2-7-17-14/h4-5,8-9,13-14,17H,1-3,6-7,10-11H2/t13-,14-/m1/s1. The van der Waals surface area contributed by atoms with Crippen LogP contribution in [0.15, 0.2) is 24.5 Å². The maximum atomic E-state index is 12.4. The van der Waals surface area contributed by atoms with Gasteiger partial charge in [-0.25, -0.2) is 0 Å². The number of piperidine rings is 1. The molecule has 0 aliphatic carbocycles. The van der Waals surface area contributed by atoms with Gasteiger partial charge < -0.3 is 10.2 Å². The van der Waals surface area contributed by atoms with Crippen molar-refractivity contribution in [2.75, 3.05) is 19.6 Å². The average molecular weight is 259 g/mol. The number of pyridine rings is 1. The Hall–Kier alpha value is -1.42. The second-order valence-electron chi connectivity index (χ2n) is 5.59. The Morgan fingerprint density at radius 3 is 2.95 bits per heavy atom. The van der Waals surface area contributed by atoms with Crippen molar-refractivity contribution in [1.29, 1.82) is 0 Å². The third kappa shape index (κ3) is 2.78. The second-order valence-corrected chi connectivity index (χ2v) is 5.59. The third-order valence-electron chi connectivity index (χ3n) is 4.36. The highest BCUT2D eigenvalue weighted by Crippen LogP contribution is 2.25. The molecule has 0 radical (unpaired) electrons. The van der Waals surface area contributed by atoms with E-state index in [-0.39, 0.29) is 5.91 Å². The summed E-state index contributed by atoms with van der Waals surface area (Å²) in [4.78, 5) is 18.4. The van der Waals surface area contributed by atoms with Gasteiger partial charge in [0.2, 0.25) is 0 Å². The first-order valence-electron chi connectivity index (χ1n) is 7.27. The van der Waals surface area contributed by atoms with Gasteiger partial charge in [-0.2, -0.15) is 0 Å². The molecule has 1 N–H and O–H groups in total. The summed E-state index contributed by atoms with van der Waals surface area (Å²) in [5, 5.41) is 3.63. The minimum absolute atomic E-state index is 0.157. The van der Waals surface area contributed by atoms with Crippen molar-refractivity contribution in [1.82, 2.24) is 15.2 Å². The van der Waals surface area contributed by atoms with Gasteiger partial charge in [0.25, 0.3) is 5.91 Å². The molecular weight excluding hydrogens is 238 g/mol. The molecule has 1 aromatic heterocycles. The van der Waals surface area contributed by atoms with E-state index in [1.165, 1.54) is 19.3 Å². The fourth-order valence-corrected chi connectivity index (χ4v) is 3.27. The zero-order valence-electron chi connectivity index (χ0n) is 11.2. The number of nitrogens with zero attached hydrogens (tertiary/aromatic N) is 2. The van der Waals surface area contributed by atoms with E-state index in [9.17, 15) is 4.79 Å². The molecule has 102 valence electrons. The molecule has 4 nitrogen and oxygen atoms in total. The van der Waals surface area contributed by atoms with E-state index < -0.39 is 0 Å². The number of carbonyl (C=O) groups excluding carboxylic acids is 1. The van der Waals surface area contributed by atoms with E-state index in [0.717, 1.165) is 31.6 Å². The maximum Gasteiger partial charge on any atom is 0.253 e. The molecular formula is C15H21N3O. The molecule has 0 bridgehead atoms. The second kappa shape index (κ2) is 5.70. The van der Waals surface area contributed by atoms with Gasteiger partial charge >= 0.3 is 0 Å². The number of hydrogen-bond acceptors (Lipinski definition) is 3. The average Bonchev–Trinajstić information content (AvgIpc) is 2.72. The summed E-state index contributed by atoms with van der Waals surface area (Å²) in [5.41, 5.74) is 0.759. The van der Waals surface area contributed by atoms with E-state index in [1.54, 1.807) is 24.5 Å². The maximum absolute atomic E-state index is 12.4. The summed E-state index contributed by atoms with van der Waals surface area (Å²) >= 11 is 0. The monoisotopic (exact) mass is 259 g/mol. The molecule has 2 saturated heterocycles. The third-order valence-corrected chi connectivity index (χ3v) is 4.36. The highest BCUT2D eigenvalue weighted by atomic mass is 16.2. The van der Waals surface area contributed by atoms with Crippen LogP contribution in [0, 0.1) is 5.92 Å². The van der Waals surface area contributed by atoms with Crippen LogP contribution in [0.3, 0.4) is 0 Å². The fraction of sp³-hybridized carbons (Fsp3) is 0.600. The number of amides is 1. The van der Waals surface area contributed by atoms with E-state index in [0.29, 0.717) is 12.0 Å². The summed E-state index contributed by atoms with van der Waals surface area (Å²) in [7, 11) is 0. The van der Waals surface area contributed by atoms with Crippen LogP contribution in [0.25, 0.3) is 0 Å². The van der Waals surface area contributed by atoms with Crippen LogP contribution < -0.4 is 5.32 Å². The number of aromatic nitrogens is 1. The summed E-state index contributed by atoms with van der Waals surface area (Å²) < 4.78 is 0. The molecule has 19 heavy (non-hydrogen) atoms. The number of rotatable bonds is 1. The summed E-state index contributed by atoms with van der Waals surface area (Å²) in [6, 6.07) is 4.23. The van der Waals surface area contributed by atoms with Gasteiger partial charge in [-0.3, -0.25) is 9.78 Å². The van der Waals surface area contributed by atoms with Gasteiger partial charge in [0.15, 0.2) is 0 Å². The number of hydrogen-bond donors (Lipinski definition) is 1. The number of likely N-dealkylation sites (tertiary alicyclic amines) is 1. The summed E-state index contributed by atoms with van der Waals surface area (Å²) in [6.07, 6.45) is 8.26. The smallest absolute Gasteiger partial charge is 0.253 e. The Morgan fingerprint density at radius 1 is 1.26 bits per heavy atom. The topological polar surface area (TPSA) is 45.2 Å². The molecule has 0 aromatic carbocycles. The molecule has 0 saturated carbocycles. The SMILES string of the molecule is O=C(c1ccncc1)N1CC[C@H]2NCCCC[C@@H]2C1. The summed E-state index contributed by atoms with van der Waals surface area (Å²) in [5.74, 6) is 0.784. The molecule has 0 spiro atoms. The van der Waals surface area contributed by atoms with Crippen molar-refractivity contribution in [3.63, 3.8) is 0 Å². The largest absolute Gasteiger partial charge is 0.338 e. The first kappa shape index (κ1) is 12.6. The van der Waals surface area contributed by atoms with Crippen molar-refractivity contribution in [2.45, 2.75) is 31.7 Å². The van der Waals surface area contributed by atoms with Crippen molar-refractivity contribution >= 4 is 5.91 Å². The molecule has 1 amide bonds. The first-order chi connectivity index (χ1) is 9.34. The normalized spacial score (nSPS) is 27.5. The van der Waals surface area contributed by atoms with E-state index in [1.807, 2.05) is 4.90 Å². The van der Waals surface area contributed by atoms with Crippen LogP contribution in [0.2, 0.25) is 0 Å². The Labute approximate surface area is 114 Å². The van der Waals surface area contributed by atoms with Crippen molar-refractivity contribution in [3.05, 3.63) is 30.1 Å². The van der Waals surface area contributed by atoms with Gasteiger partial charge in [-0.1, -0.05) is 6.42 Å². The van der Waals surface area contributed by atoms with Crippen molar-refractivity contribution in [2.24, 2.45) is 5.92 Å². The highest BCUT2D eigenvalue weighted by molar-refractivity contribution is 5.94. The van der Waals surface area contributed by atoms with E-state index in [2.05, 4.69) is 10.3 Å². The van der Waals surface area contributed by atoms with Gasteiger partial charge in [0, 0.05) is 37.1 Å². The Morgan fingerprint density at radius 2 is 2.11 bits per heavy atom. The molecule has 2 aliphatic rings. The fourth-order valence-electron chi connectivity index (χ4n) is 3.27. The number of fused-ring (bicyclic) bond motifs is 1. The Balaban J connectivity index is 1.68. The molecule has 2 atom stereocenters. The van der Waals surface area contributed by atoms with Gasteiger partial charge in [0.05, 0.1) is 0 Å². The van der Waals surface area contributed by atoms with E-state index >= 15 is 0 Å². The lowest BCUT2D eigenvalue weighted by Gasteiger charge is -2.38. The minimum atomic E-state index is 0.157. The lowest BCUT2D eigenvalue weighted by molar-refractivity contribution is 0.0631. The zero-order valence-corrected chi connectivity index (χ0v) is 11.2. The van der Waals surface area contributed by atoms with Crippen LogP contribution in [0.1, 0.15) is 36.0 Å². The van der Waals surface area contributed by atoms with Gasteiger partial charge in [-0.15, -0.1) is 0 Å². The van der Waals surface area contributed by atoms with Crippen LogP contribution in [0.4, 0.5) is 0 Å². The summed E-state index contributed by atoms with van der Waals surface area (Å²) in [6.45, 7) is 2.91. The molecule has 3 heterocycles. The van der Waals surface area contributed by atoms with E-state index in [4.69, 9.17) is 0 Å². The van der Waals surface area contributed by atoms with Crippen molar-refractivity contribution < 1.29 is 4.79 Å². The number of nitrogens with one attached hydrogen (secondary N) is 1. The van der Waals surface area contributed by atoms with Gasteiger partial charge in [0.1, 0.15) is 0 Å². The zero-order chi connectivity index (χ0) is 13.1. The molecule has 2 fully saturated rings. The predicted molar refractivity (Wildman–Crippen MR) is 73.9 cm³/mol. The quantitative estimate of drug-likeness (QED) is 0.834. The van der Waals surface area contributed by atoms with Crippen LogP contribution in [-0.4, -0.2) is 41.5 Å². The number of carbonyl (C=O) groups is 1. The molecule has 1 aromatic rings. The van der Waals surface area contributed by atoms with Crippen LogP contribution in [-0.2, 0) is 0 Å². The molecule has 0 unspecified atom stereocenters. The lowest BCUT2D eigenvalue weighted by atomic mass is 9.89. The molecule has 4 heteroatoms. The molecule has 2 aliphatic heterocycles. The van der Waals surface area contributed by atoms with Crippen LogP contribution in [0.5, 0.6) is 0 Å². The van der Waals surface area contributed by atoms with Crippen LogP contribution >= 0.6 is 0 Å². The Bertz CT molecular complexity index is 434. The predicted octanol–water partition coefficient (Wildman–Crippen LogP) is 1.69. The Kier molecular flexibility index (Phi) is 3.78. The highest BCUT2D eigenvalue weighted by Gasteiger charge is 2.32.